The average molecular weight is 442 g/mol. The molecule has 1 N–H and O–H groups in total. The summed E-state index contributed by atoms with van der Waals surface area (Å²) in [7, 11) is 3.97. The Morgan fingerprint density at radius 1 is 0.970 bits per heavy atom. The van der Waals surface area contributed by atoms with Gasteiger partial charge in [-0.05, 0) is 108 Å². The van der Waals surface area contributed by atoms with Gasteiger partial charge in [0.05, 0.1) is 12.8 Å². The van der Waals surface area contributed by atoms with Crippen molar-refractivity contribution in [1.29, 1.82) is 0 Å². The zero-order valence-electron chi connectivity index (χ0n) is 20.1. The number of phenols is 1. The highest BCUT2D eigenvalue weighted by molar-refractivity contribution is 5.88. The van der Waals surface area contributed by atoms with Gasteiger partial charge in [0, 0.05) is 13.1 Å². The molecule has 3 aliphatic rings. The summed E-state index contributed by atoms with van der Waals surface area (Å²) in [6, 6.07) is 19.7. The standard InChI is InChI=1S/C30H35NO2/c1-30-15-14-24-23-11-9-22(33-3)16-21(23)8-10-25(24)26(30)12-13-29(30)31(2)27-17-19-6-4-5-7-20(19)18-28(27)32/h4-7,9,11,16-18,24-26,29,32H,8,10,12-15H2,1-3H3/t24-,25-,26+,29-,30+/m1/s1. The van der Waals surface area contributed by atoms with Crippen molar-refractivity contribution < 1.29 is 9.84 Å². The predicted octanol–water partition coefficient (Wildman–Crippen LogP) is 6.92. The third-order valence-corrected chi connectivity index (χ3v) is 9.57. The Bertz CT molecular complexity index is 1200. The number of rotatable bonds is 3. The van der Waals surface area contributed by atoms with E-state index in [0.717, 1.165) is 28.7 Å². The molecule has 0 amide bonds. The second-order valence-electron chi connectivity index (χ2n) is 10.9. The molecule has 5 atom stereocenters. The lowest BCUT2D eigenvalue weighted by atomic mass is 9.55. The maximum atomic E-state index is 10.9. The number of benzene rings is 3. The fraction of sp³-hybridized carbons (Fsp3) is 0.467. The van der Waals surface area contributed by atoms with Gasteiger partial charge in [0.2, 0.25) is 0 Å². The number of aromatic hydroxyl groups is 1. The zero-order chi connectivity index (χ0) is 22.7. The second-order valence-corrected chi connectivity index (χ2v) is 10.9. The fourth-order valence-electron chi connectivity index (χ4n) is 7.96. The lowest BCUT2D eigenvalue weighted by molar-refractivity contribution is 0.0485. The number of fused-ring (bicyclic) bond motifs is 6. The minimum absolute atomic E-state index is 0.290. The van der Waals surface area contributed by atoms with Crippen LogP contribution in [0.5, 0.6) is 11.5 Å². The van der Waals surface area contributed by atoms with Crippen LogP contribution in [-0.2, 0) is 6.42 Å². The topological polar surface area (TPSA) is 32.7 Å². The van der Waals surface area contributed by atoms with Crippen LogP contribution in [0, 0.1) is 17.3 Å². The van der Waals surface area contributed by atoms with Crippen LogP contribution in [0.2, 0.25) is 0 Å². The molecule has 0 spiro atoms. The number of phenolic OH excluding ortho intramolecular Hbond substituents is 1. The Kier molecular flexibility index (Phi) is 4.87. The summed E-state index contributed by atoms with van der Waals surface area (Å²) in [5.74, 6) is 3.61. The first-order valence-electron chi connectivity index (χ1n) is 12.6. The summed E-state index contributed by atoms with van der Waals surface area (Å²) in [4.78, 5) is 2.41. The minimum atomic E-state index is 0.290. The molecular weight excluding hydrogens is 406 g/mol. The van der Waals surface area contributed by atoms with Crippen molar-refractivity contribution in [3.63, 3.8) is 0 Å². The summed E-state index contributed by atoms with van der Waals surface area (Å²) in [5, 5.41) is 13.2. The van der Waals surface area contributed by atoms with Gasteiger partial charge < -0.3 is 14.7 Å². The fourth-order valence-corrected chi connectivity index (χ4v) is 7.96. The van der Waals surface area contributed by atoms with E-state index in [0.29, 0.717) is 17.7 Å². The molecule has 0 aliphatic heterocycles. The third-order valence-electron chi connectivity index (χ3n) is 9.57. The van der Waals surface area contributed by atoms with E-state index in [2.05, 4.69) is 61.3 Å². The largest absolute Gasteiger partial charge is 0.506 e. The van der Waals surface area contributed by atoms with Crippen molar-refractivity contribution in [3.05, 3.63) is 65.7 Å². The number of hydrogen-bond donors (Lipinski definition) is 1. The number of methoxy groups -OCH3 is 1. The minimum Gasteiger partial charge on any atom is -0.506 e. The van der Waals surface area contributed by atoms with Gasteiger partial charge in [-0.25, -0.2) is 0 Å². The molecule has 0 radical (unpaired) electrons. The molecule has 3 aromatic rings. The molecule has 3 heteroatoms. The Morgan fingerprint density at radius 2 is 1.76 bits per heavy atom. The molecule has 0 unspecified atom stereocenters. The van der Waals surface area contributed by atoms with Crippen LogP contribution in [0.1, 0.15) is 56.1 Å². The number of anilines is 1. The predicted molar refractivity (Wildman–Crippen MR) is 135 cm³/mol. The highest BCUT2D eigenvalue weighted by atomic mass is 16.5. The molecule has 172 valence electrons. The molecule has 3 aromatic carbocycles. The van der Waals surface area contributed by atoms with Crippen LogP contribution >= 0.6 is 0 Å². The monoisotopic (exact) mass is 441 g/mol. The molecule has 33 heavy (non-hydrogen) atoms. The number of nitrogens with zero attached hydrogens (tertiary/aromatic N) is 1. The van der Waals surface area contributed by atoms with Crippen LogP contribution in [-0.4, -0.2) is 25.3 Å². The normalized spacial score (nSPS) is 30.4. The maximum absolute atomic E-state index is 10.9. The first kappa shape index (κ1) is 20.9. The van der Waals surface area contributed by atoms with Crippen molar-refractivity contribution in [3.8, 4) is 11.5 Å². The van der Waals surface area contributed by atoms with Gasteiger partial charge in [0.15, 0.2) is 0 Å². The lowest BCUT2D eigenvalue weighted by Crippen LogP contribution is -2.49. The second kappa shape index (κ2) is 7.68. The summed E-state index contributed by atoms with van der Waals surface area (Å²) in [6.07, 6.45) is 7.50. The van der Waals surface area contributed by atoms with Crippen molar-refractivity contribution in [2.75, 3.05) is 19.1 Å². The molecule has 0 saturated heterocycles. The van der Waals surface area contributed by atoms with Gasteiger partial charge in [-0.2, -0.15) is 0 Å². The molecule has 3 aliphatic carbocycles. The van der Waals surface area contributed by atoms with E-state index in [1.807, 2.05) is 12.1 Å². The highest BCUT2D eigenvalue weighted by Gasteiger charge is 2.55. The Hall–Kier alpha value is -2.68. The van der Waals surface area contributed by atoms with Gasteiger partial charge in [0.25, 0.3) is 0 Å². The third kappa shape index (κ3) is 3.15. The van der Waals surface area contributed by atoms with Crippen molar-refractivity contribution in [2.45, 2.75) is 57.4 Å². The van der Waals surface area contributed by atoms with E-state index in [9.17, 15) is 5.11 Å². The van der Waals surface area contributed by atoms with Gasteiger partial charge in [-0.3, -0.25) is 0 Å². The van der Waals surface area contributed by atoms with E-state index < -0.39 is 0 Å². The molecule has 0 heterocycles. The smallest absolute Gasteiger partial charge is 0.139 e. The maximum Gasteiger partial charge on any atom is 0.139 e. The van der Waals surface area contributed by atoms with Crippen LogP contribution in [0.15, 0.2) is 54.6 Å². The summed E-state index contributed by atoms with van der Waals surface area (Å²) < 4.78 is 5.49. The highest BCUT2D eigenvalue weighted by Crippen LogP contribution is 2.62. The van der Waals surface area contributed by atoms with E-state index in [1.165, 1.54) is 49.5 Å². The zero-order valence-corrected chi connectivity index (χ0v) is 20.1. The van der Waals surface area contributed by atoms with Crippen LogP contribution in [0.25, 0.3) is 10.8 Å². The van der Waals surface area contributed by atoms with Gasteiger partial charge in [-0.15, -0.1) is 0 Å². The van der Waals surface area contributed by atoms with Crippen molar-refractivity contribution in [1.82, 2.24) is 0 Å². The molecule has 6 rings (SSSR count). The first-order chi connectivity index (χ1) is 16.0. The van der Waals surface area contributed by atoms with Gasteiger partial charge >= 0.3 is 0 Å². The molecule has 2 saturated carbocycles. The quantitative estimate of drug-likeness (QED) is 0.479. The summed E-state index contributed by atoms with van der Waals surface area (Å²) in [6.45, 7) is 2.55. The molecule has 0 bridgehead atoms. The van der Waals surface area contributed by atoms with E-state index in [4.69, 9.17) is 4.74 Å². The summed E-state index contributed by atoms with van der Waals surface area (Å²) in [5.41, 5.74) is 4.35. The first-order valence-corrected chi connectivity index (χ1v) is 12.6. The number of hydrogen-bond acceptors (Lipinski definition) is 3. The van der Waals surface area contributed by atoms with Gasteiger partial charge in [-0.1, -0.05) is 37.3 Å². The molecule has 0 aromatic heterocycles. The lowest BCUT2D eigenvalue weighted by Gasteiger charge is -2.52. The average Bonchev–Trinajstić information content (AvgIpc) is 3.19. The number of ether oxygens (including phenoxy) is 1. The van der Waals surface area contributed by atoms with E-state index >= 15 is 0 Å². The summed E-state index contributed by atoms with van der Waals surface area (Å²) >= 11 is 0. The Morgan fingerprint density at radius 3 is 2.55 bits per heavy atom. The number of aryl methyl sites for hydroxylation is 1. The van der Waals surface area contributed by atoms with Gasteiger partial charge in [0.1, 0.15) is 11.5 Å². The molecule has 2 fully saturated rings. The van der Waals surface area contributed by atoms with E-state index in [1.54, 1.807) is 12.7 Å². The van der Waals surface area contributed by atoms with Crippen LogP contribution in [0.4, 0.5) is 5.69 Å². The van der Waals surface area contributed by atoms with Crippen LogP contribution in [0.3, 0.4) is 0 Å². The SMILES string of the molecule is COc1ccc2c(c1)CC[C@@H]1[C@@H]2CC[C@@]2(C)[C@H]1CC[C@H]2N(C)c1cc2ccccc2cc1O. The van der Waals surface area contributed by atoms with Crippen LogP contribution < -0.4 is 9.64 Å². The molecular formula is C30H35NO2. The van der Waals surface area contributed by atoms with Crippen molar-refractivity contribution in [2.24, 2.45) is 17.3 Å². The molecule has 3 nitrogen and oxygen atoms in total. The Labute approximate surface area is 197 Å². The van der Waals surface area contributed by atoms with Crippen molar-refractivity contribution >= 4 is 16.5 Å². The van der Waals surface area contributed by atoms with E-state index in [-0.39, 0.29) is 5.41 Å². The Balaban J connectivity index is 1.30.